The van der Waals surface area contributed by atoms with E-state index >= 15 is 0 Å². The zero-order valence-electron chi connectivity index (χ0n) is 11.9. The summed E-state index contributed by atoms with van der Waals surface area (Å²) in [5.41, 5.74) is 1.28. The van der Waals surface area contributed by atoms with Gasteiger partial charge in [0.2, 0.25) is 0 Å². The summed E-state index contributed by atoms with van der Waals surface area (Å²) < 4.78 is 0. The molecule has 2 atom stereocenters. The zero-order chi connectivity index (χ0) is 14.1. The van der Waals surface area contributed by atoms with E-state index in [-0.39, 0.29) is 6.61 Å². The Kier molecular flexibility index (Phi) is 7.67. The molecule has 1 rings (SSSR count). The lowest BCUT2D eigenvalue weighted by Gasteiger charge is -2.30. The topological polar surface area (TPSA) is 55.7 Å². The van der Waals surface area contributed by atoms with E-state index in [1.54, 1.807) is 0 Å². The van der Waals surface area contributed by atoms with Crippen molar-refractivity contribution in [3.8, 4) is 0 Å². The van der Waals surface area contributed by atoms with Crippen molar-refractivity contribution in [2.45, 2.75) is 26.0 Å². The summed E-state index contributed by atoms with van der Waals surface area (Å²) in [5, 5.41) is 21.4. The Morgan fingerprint density at radius 1 is 1.11 bits per heavy atom. The van der Waals surface area contributed by atoms with Crippen molar-refractivity contribution >= 4 is 0 Å². The molecular formula is C15H26N2O2. The molecule has 0 saturated carbocycles. The van der Waals surface area contributed by atoms with Crippen LogP contribution in [0.5, 0.6) is 0 Å². The Morgan fingerprint density at radius 3 is 2.26 bits per heavy atom. The average Bonchev–Trinajstić information content (AvgIpc) is 2.47. The average molecular weight is 266 g/mol. The summed E-state index contributed by atoms with van der Waals surface area (Å²) in [6.45, 7) is 7.27. The molecule has 0 aliphatic carbocycles. The molecule has 0 heterocycles. The summed E-state index contributed by atoms with van der Waals surface area (Å²) in [7, 11) is 0. The van der Waals surface area contributed by atoms with Crippen molar-refractivity contribution in [3.05, 3.63) is 35.9 Å². The fraction of sp³-hybridized carbons (Fsp3) is 0.600. The number of hydrogen-bond acceptors (Lipinski definition) is 4. The minimum atomic E-state index is -0.687. The van der Waals surface area contributed by atoms with E-state index in [1.165, 1.54) is 5.56 Å². The summed E-state index contributed by atoms with van der Waals surface area (Å²) >= 11 is 0. The third kappa shape index (κ3) is 5.28. The minimum absolute atomic E-state index is 0.200. The second-order valence-electron chi connectivity index (χ2n) is 4.64. The standard InChI is InChI=1S/C15H26N2O2/c1-3-17(4-2)15(11-16-10-14(19)12-18)13-8-6-5-7-9-13/h5-9,14-16,18-19H,3-4,10-12H2,1-2H3. The maximum atomic E-state index is 9.37. The van der Waals surface area contributed by atoms with E-state index in [0.717, 1.165) is 19.6 Å². The van der Waals surface area contributed by atoms with Crippen LogP contribution in [0.4, 0.5) is 0 Å². The molecule has 4 nitrogen and oxygen atoms in total. The Labute approximate surface area is 116 Å². The number of benzene rings is 1. The smallest absolute Gasteiger partial charge is 0.0894 e. The molecule has 108 valence electrons. The fourth-order valence-electron chi connectivity index (χ4n) is 2.25. The predicted octanol–water partition coefficient (Wildman–Crippen LogP) is 1.01. The molecule has 19 heavy (non-hydrogen) atoms. The van der Waals surface area contributed by atoms with E-state index in [0.29, 0.717) is 12.6 Å². The van der Waals surface area contributed by atoms with Crippen LogP contribution in [0.25, 0.3) is 0 Å². The molecule has 1 aromatic carbocycles. The molecule has 0 aliphatic rings. The Bertz CT molecular complexity index is 328. The van der Waals surface area contributed by atoms with Crippen molar-refractivity contribution < 1.29 is 10.2 Å². The zero-order valence-corrected chi connectivity index (χ0v) is 11.9. The highest BCUT2D eigenvalue weighted by atomic mass is 16.3. The first-order chi connectivity index (χ1) is 9.22. The molecule has 0 saturated heterocycles. The van der Waals surface area contributed by atoms with E-state index in [2.05, 4.69) is 48.3 Å². The van der Waals surface area contributed by atoms with Gasteiger partial charge in [0, 0.05) is 19.1 Å². The molecule has 0 radical (unpaired) electrons. The van der Waals surface area contributed by atoms with Crippen LogP contribution in [-0.2, 0) is 0 Å². The fourth-order valence-corrected chi connectivity index (χ4v) is 2.25. The van der Waals surface area contributed by atoms with Crippen LogP contribution in [-0.4, -0.2) is 54.0 Å². The lowest BCUT2D eigenvalue weighted by atomic mass is 10.1. The molecule has 1 aromatic rings. The van der Waals surface area contributed by atoms with E-state index < -0.39 is 6.10 Å². The molecule has 4 heteroatoms. The maximum absolute atomic E-state index is 9.37. The van der Waals surface area contributed by atoms with Crippen LogP contribution in [0.1, 0.15) is 25.5 Å². The predicted molar refractivity (Wildman–Crippen MR) is 78.1 cm³/mol. The summed E-state index contributed by atoms with van der Waals surface area (Å²) in [6, 6.07) is 10.7. The Morgan fingerprint density at radius 2 is 1.74 bits per heavy atom. The highest BCUT2D eigenvalue weighted by molar-refractivity contribution is 5.19. The molecule has 0 fully saturated rings. The molecule has 0 bridgehead atoms. The first kappa shape index (κ1) is 16.1. The van der Waals surface area contributed by atoms with Crippen molar-refractivity contribution in [3.63, 3.8) is 0 Å². The second kappa shape index (κ2) is 9.04. The van der Waals surface area contributed by atoms with Crippen molar-refractivity contribution in [2.24, 2.45) is 0 Å². The Hall–Kier alpha value is -0.940. The van der Waals surface area contributed by atoms with Crippen LogP contribution in [0.2, 0.25) is 0 Å². The summed E-state index contributed by atoms with van der Waals surface area (Å²) in [4.78, 5) is 2.38. The number of aliphatic hydroxyl groups excluding tert-OH is 2. The van der Waals surface area contributed by atoms with Gasteiger partial charge in [-0.25, -0.2) is 0 Å². The quantitative estimate of drug-likeness (QED) is 0.624. The van der Waals surface area contributed by atoms with E-state index in [1.807, 2.05) is 6.07 Å². The SMILES string of the molecule is CCN(CC)C(CNCC(O)CO)c1ccccc1. The van der Waals surface area contributed by atoms with Crippen LogP contribution >= 0.6 is 0 Å². The van der Waals surface area contributed by atoms with Crippen LogP contribution in [0.15, 0.2) is 30.3 Å². The summed E-state index contributed by atoms with van der Waals surface area (Å²) in [5.74, 6) is 0. The van der Waals surface area contributed by atoms with Gasteiger partial charge in [-0.15, -0.1) is 0 Å². The van der Waals surface area contributed by atoms with E-state index in [4.69, 9.17) is 5.11 Å². The minimum Gasteiger partial charge on any atom is -0.394 e. The Balaban J connectivity index is 2.65. The highest BCUT2D eigenvalue weighted by Gasteiger charge is 2.17. The number of nitrogens with one attached hydrogen (secondary N) is 1. The molecule has 0 aromatic heterocycles. The third-order valence-electron chi connectivity index (χ3n) is 3.37. The normalized spacial score (nSPS) is 14.6. The first-order valence-corrected chi connectivity index (χ1v) is 7.01. The van der Waals surface area contributed by atoms with Gasteiger partial charge in [-0.1, -0.05) is 44.2 Å². The molecule has 0 aliphatic heterocycles. The molecular weight excluding hydrogens is 240 g/mol. The van der Waals surface area contributed by atoms with Crippen molar-refractivity contribution in [1.29, 1.82) is 0 Å². The van der Waals surface area contributed by atoms with Crippen LogP contribution < -0.4 is 5.32 Å². The van der Waals surface area contributed by atoms with E-state index in [9.17, 15) is 5.11 Å². The van der Waals surface area contributed by atoms with Gasteiger partial charge in [0.15, 0.2) is 0 Å². The largest absolute Gasteiger partial charge is 0.394 e. The van der Waals surface area contributed by atoms with Gasteiger partial charge in [-0.3, -0.25) is 4.90 Å². The second-order valence-corrected chi connectivity index (χ2v) is 4.64. The van der Waals surface area contributed by atoms with Gasteiger partial charge >= 0.3 is 0 Å². The lowest BCUT2D eigenvalue weighted by Crippen LogP contribution is -2.39. The first-order valence-electron chi connectivity index (χ1n) is 7.01. The van der Waals surface area contributed by atoms with Crippen molar-refractivity contribution in [2.75, 3.05) is 32.8 Å². The van der Waals surface area contributed by atoms with Gasteiger partial charge < -0.3 is 15.5 Å². The van der Waals surface area contributed by atoms with Gasteiger partial charge in [0.05, 0.1) is 12.7 Å². The summed E-state index contributed by atoms with van der Waals surface area (Å²) in [6.07, 6.45) is -0.687. The molecule has 0 spiro atoms. The molecule has 3 N–H and O–H groups in total. The van der Waals surface area contributed by atoms with Crippen molar-refractivity contribution in [1.82, 2.24) is 10.2 Å². The van der Waals surface area contributed by atoms with Gasteiger partial charge in [-0.2, -0.15) is 0 Å². The number of hydrogen-bond donors (Lipinski definition) is 3. The monoisotopic (exact) mass is 266 g/mol. The molecule has 0 amide bonds. The van der Waals surface area contributed by atoms with Gasteiger partial charge in [0.25, 0.3) is 0 Å². The third-order valence-corrected chi connectivity index (χ3v) is 3.37. The van der Waals surface area contributed by atoms with Gasteiger partial charge in [0.1, 0.15) is 0 Å². The highest BCUT2D eigenvalue weighted by Crippen LogP contribution is 2.19. The number of aliphatic hydroxyl groups is 2. The van der Waals surface area contributed by atoms with Crippen LogP contribution in [0, 0.1) is 0 Å². The number of rotatable bonds is 9. The lowest BCUT2D eigenvalue weighted by molar-refractivity contribution is 0.0917. The maximum Gasteiger partial charge on any atom is 0.0894 e. The van der Waals surface area contributed by atoms with Gasteiger partial charge in [-0.05, 0) is 18.7 Å². The number of nitrogens with zero attached hydrogens (tertiary/aromatic N) is 1. The van der Waals surface area contributed by atoms with Crippen LogP contribution in [0.3, 0.4) is 0 Å². The number of likely N-dealkylation sites (N-methyl/N-ethyl adjacent to an activating group) is 1. The molecule has 2 unspecified atom stereocenters.